The summed E-state index contributed by atoms with van der Waals surface area (Å²) in [7, 11) is 1.91. The third-order valence-corrected chi connectivity index (χ3v) is 3.05. The Hall–Kier alpha value is -0.620. The first-order chi connectivity index (χ1) is 9.02. The number of benzene rings is 1. The molecule has 0 aliphatic carbocycles. The van der Waals surface area contributed by atoms with Crippen molar-refractivity contribution in [2.45, 2.75) is 32.6 Å². The molecule has 0 fully saturated rings. The molecule has 108 valence electrons. The van der Waals surface area contributed by atoms with Gasteiger partial charge in [-0.3, -0.25) is 0 Å². The lowest BCUT2D eigenvalue weighted by Gasteiger charge is -2.15. The Labute approximate surface area is 123 Å². The van der Waals surface area contributed by atoms with E-state index in [1.165, 1.54) is 5.56 Å². The third-order valence-electron chi connectivity index (χ3n) is 2.43. The van der Waals surface area contributed by atoms with Crippen molar-refractivity contribution in [2.24, 2.45) is 0 Å². The van der Waals surface area contributed by atoms with Gasteiger partial charge in [0, 0.05) is 6.54 Å². The van der Waals surface area contributed by atoms with Crippen LogP contribution >= 0.6 is 15.9 Å². The summed E-state index contributed by atoms with van der Waals surface area (Å²) in [6.45, 7) is 5.18. The van der Waals surface area contributed by atoms with Gasteiger partial charge in [0.15, 0.2) is 0 Å². The first-order valence-electron chi connectivity index (χ1n) is 6.38. The van der Waals surface area contributed by atoms with Gasteiger partial charge in [0.1, 0.15) is 18.5 Å². The zero-order valence-electron chi connectivity index (χ0n) is 11.6. The summed E-state index contributed by atoms with van der Waals surface area (Å²) < 4.78 is 11.8. The number of aliphatic hydroxyl groups excluding tert-OH is 1. The molecule has 0 saturated carbocycles. The average molecular weight is 332 g/mol. The van der Waals surface area contributed by atoms with Gasteiger partial charge < -0.3 is 19.9 Å². The van der Waals surface area contributed by atoms with Gasteiger partial charge in [0.2, 0.25) is 0 Å². The van der Waals surface area contributed by atoms with Crippen LogP contribution in [0.2, 0.25) is 0 Å². The molecular formula is C14H22BrNO3. The quantitative estimate of drug-likeness (QED) is 0.767. The fourth-order valence-corrected chi connectivity index (χ4v) is 2.05. The molecule has 19 heavy (non-hydrogen) atoms. The molecule has 0 radical (unpaired) electrons. The maximum atomic E-state index is 9.71. The van der Waals surface area contributed by atoms with Crippen LogP contribution in [0.3, 0.4) is 0 Å². The van der Waals surface area contributed by atoms with Gasteiger partial charge in [0.05, 0.1) is 17.2 Å². The molecule has 1 unspecified atom stereocenters. The minimum absolute atomic E-state index is 0.113. The maximum absolute atomic E-state index is 9.71. The molecule has 0 spiro atoms. The standard InChI is InChI=1S/C14H22BrNO3/c1-10(2)18-8-12(17)9-19-14-5-4-11(7-16-3)6-13(14)15/h4-6,10,12,16-17H,7-9H2,1-3H3. The van der Waals surface area contributed by atoms with Crippen LogP contribution in [-0.2, 0) is 11.3 Å². The van der Waals surface area contributed by atoms with E-state index in [0.717, 1.165) is 16.8 Å². The molecule has 0 aliphatic rings. The minimum Gasteiger partial charge on any atom is -0.490 e. The van der Waals surface area contributed by atoms with E-state index in [-0.39, 0.29) is 19.3 Å². The third kappa shape index (κ3) is 6.38. The molecule has 0 heterocycles. The summed E-state index contributed by atoms with van der Waals surface area (Å²) in [5, 5.41) is 12.8. The zero-order chi connectivity index (χ0) is 14.3. The summed E-state index contributed by atoms with van der Waals surface area (Å²) in [5.41, 5.74) is 1.17. The SMILES string of the molecule is CNCc1ccc(OCC(O)COC(C)C)c(Br)c1. The number of halogens is 1. The fraction of sp³-hybridized carbons (Fsp3) is 0.571. The van der Waals surface area contributed by atoms with E-state index in [9.17, 15) is 5.11 Å². The van der Waals surface area contributed by atoms with Crippen molar-refractivity contribution in [1.29, 1.82) is 0 Å². The van der Waals surface area contributed by atoms with Crippen molar-refractivity contribution in [2.75, 3.05) is 20.3 Å². The number of aliphatic hydroxyl groups is 1. The van der Waals surface area contributed by atoms with Gasteiger partial charge in [-0.15, -0.1) is 0 Å². The highest BCUT2D eigenvalue weighted by Gasteiger charge is 2.09. The molecule has 1 atom stereocenters. The molecule has 1 rings (SSSR count). The van der Waals surface area contributed by atoms with E-state index in [4.69, 9.17) is 9.47 Å². The number of ether oxygens (including phenoxy) is 2. The number of rotatable bonds is 8. The summed E-state index contributed by atoms with van der Waals surface area (Å²) in [4.78, 5) is 0. The van der Waals surface area contributed by atoms with E-state index >= 15 is 0 Å². The molecular weight excluding hydrogens is 310 g/mol. The zero-order valence-corrected chi connectivity index (χ0v) is 13.2. The van der Waals surface area contributed by atoms with Crippen LogP contribution in [0.25, 0.3) is 0 Å². The predicted molar refractivity (Wildman–Crippen MR) is 79.5 cm³/mol. The molecule has 4 nitrogen and oxygen atoms in total. The Bertz CT molecular complexity index is 385. The fourth-order valence-electron chi connectivity index (χ4n) is 1.51. The largest absolute Gasteiger partial charge is 0.490 e. The summed E-state index contributed by atoms with van der Waals surface area (Å²) in [6.07, 6.45) is -0.506. The highest BCUT2D eigenvalue weighted by molar-refractivity contribution is 9.10. The second-order valence-electron chi connectivity index (χ2n) is 4.64. The lowest BCUT2D eigenvalue weighted by molar-refractivity contribution is -0.0123. The highest BCUT2D eigenvalue weighted by Crippen LogP contribution is 2.26. The summed E-state index contributed by atoms with van der Waals surface area (Å²) >= 11 is 3.46. The van der Waals surface area contributed by atoms with Crippen molar-refractivity contribution in [3.63, 3.8) is 0 Å². The average Bonchev–Trinajstić information content (AvgIpc) is 2.35. The van der Waals surface area contributed by atoms with Gasteiger partial charge in [-0.2, -0.15) is 0 Å². The second-order valence-corrected chi connectivity index (χ2v) is 5.50. The van der Waals surface area contributed by atoms with Gasteiger partial charge in [-0.25, -0.2) is 0 Å². The molecule has 0 amide bonds. The molecule has 2 N–H and O–H groups in total. The highest BCUT2D eigenvalue weighted by atomic mass is 79.9. The number of hydrogen-bond donors (Lipinski definition) is 2. The lowest BCUT2D eigenvalue weighted by atomic mass is 10.2. The van der Waals surface area contributed by atoms with Gasteiger partial charge >= 0.3 is 0 Å². The van der Waals surface area contributed by atoms with Gasteiger partial charge in [-0.1, -0.05) is 6.07 Å². The van der Waals surface area contributed by atoms with Gasteiger partial charge in [-0.05, 0) is 54.5 Å². The monoisotopic (exact) mass is 331 g/mol. The van der Waals surface area contributed by atoms with Crippen LogP contribution in [0.15, 0.2) is 22.7 Å². The van der Waals surface area contributed by atoms with E-state index in [1.807, 2.05) is 39.1 Å². The lowest BCUT2D eigenvalue weighted by Crippen LogP contribution is -2.25. The first-order valence-corrected chi connectivity index (χ1v) is 7.17. The molecule has 5 heteroatoms. The molecule has 0 bridgehead atoms. The summed E-state index contributed by atoms with van der Waals surface area (Å²) in [6, 6.07) is 5.89. The van der Waals surface area contributed by atoms with Crippen LogP contribution in [0, 0.1) is 0 Å². The second kappa shape index (κ2) is 8.53. The Balaban J connectivity index is 2.44. The molecule has 0 saturated heterocycles. The van der Waals surface area contributed by atoms with Crippen molar-refractivity contribution in [3.8, 4) is 5.75 Å². The smallest absolute Gasteiger partial charge is 0.133 e. The Morgan fingerprint density at radius 2 is 2.05 bits per heavy atom. The van der Waals surface area contributed by atoms with Crippen LogP contribution in [0.1, 0.15) is 19.4 Å². The topological polar surface area (TPSA) is 50.7 Å². The van der Waals surface area contributed by atoms with E-state index in [1.54, 1.807) is 0 Å². The van der Waals surface area contributed by atoms with Crippen molar-refractivity contribution < 1.29 is 14.6 Å². The normalized spacial score (nSPS) is 12.7. The van der Waals surface area contributed by atoms with Crippen molar-refractivity contribution in [1.82, 2.24) is 5.32 Å². The van der Waals surface area contributed by atoms with Crippen LogP contribution in [-0.4, -0.2) is 37.6 Å². The van der Waals surface area contributed by atoms with E-state index in [2.05, 4.69) is 21.2 Å². The van der Waals surface area contributed by atoms with E-state index < -0.39 is 6.10 Å². The Kier molecular flexibility index (Phi) is 7.38. The van der Waals surface area contributed by atoms with Crippen LogP contribution in [0.5, 0.6) is 5.75 Å². The number of nitrogens with one attached hydrogen (secondary N) is 1. The Morgan fingerprint density at radius 3 is 2.63 bits per heavy atom. The maximum Gasteiger partial charge on any atom is 0.133 e. The van der Waals surface area contributed by atoms with Crippen molar-refractivity contribution in [3.05, 3.63) is 28.2 Å². The van der Waals surface area contributed by atoms with Crippen LogP contribution in [0.4, 0.5) is 0 Å². The molecule has 0 aliphatic heterocycles. The molecule has 0 aromatic heterocycles. The van der Waals surface area contributed by atoms with Gasteiger partial charge in [0.25, 0.3) is 0 Å². The Morgan fingerprint density at radius 1 is 1.32 bits per heavy atom. The van der Waals surface area contributed by atoms with Crippen LogP contribution < -0.4 is 10.1 Å². The van der Waals surface area contributed by atoms with Crippen molar-refractivity contribution >= 4 is 15.9 Å². The molecule has 1 aromatic rings. The minimum atomic E-state index is -0.619. The predicted octanol–water partition coefficient (Wildman–Crippen LogP) is 2.33. The first kappa shape index (κ1) is 16.4. The molecule has 1 aromatic carbocycles. The number of hydrogen-bond acceptors (Lipinski definition) is 4. The summed E-state index contributed by atoms with van der Waals surface area (Å²) in [5.74, 6) is 0.725. The van der Waals surface area contributed by atoms with E-state index in [0.29, 0.717) is 0 Å².